The van der Waals surface area contributed by atoms with E-state index in [2.05, 4.69) is 0 Å². The van der Waals surface area contributed by atoms with E-state index in [9.17, 15) is 4.79 Å². The molecule has 110 valence electrons. The van der Waals surface area contributed by atoms with Crippen molar-refractivity contribution in [3.05, 3.63) is 29.0 Å². The van der Waals surface area contributed by atoms with Crippen LogP contribution in [0.4, 0.5) is 0 Å². The van der Waals surface area contributed by atoms with Gasteiger partial charge in [0.25, 0.3) is 5.91 Å². The Labute approximate surface area is 128 Å². The second-order valence-corrected chi connectivity index (χ2v) is 5.45. The van der Waals surface area contributed by atoms with Crippen LogP contribution in [0.1, 0.15) is 11.1 Å². The van der Waals surface area contributed by atoms with Gasteiger partial charge >= 0.3 is 0 Å². The number of hydrogen-bond donors (Lipinski definition) is 0. The molecule has 2 aliphatic heterocycles. The first-order chi connectivity index (χ1) is 9.99. The molecule has 2 aliphatic rings. The van der Waals surface area contributed by atoms with Crippen LogP contribution in [0.25, 0.3) is 6.08 Å². The zero-order valence-electron chi connectivity index (χ0n) is 12.2. The number of hydrogen-bond acceptors (Lipinski definition) is 4. The van der Waals surface area contributed by atoms with Gasteiger partial charge in [-0.3, -0.25) is 9.69 Å². The predicted octanol–water partition coefficient (Wildman–Crippen LogP) is 1.80. The lowest BCUT2D eigenvalue weighted by Gasteiger charge is -2.20. The van der Waals surface area contributed by atoms with E-state index in [1.165, 1.54) is 4.90 Å². The standard InChI is InChI=1S/C15H16N2O3S/c1-9-6-12-13(20-5-4-19-12)8-10(9)7-11-14(18)17(3)15(21)16(11)2/h6-8H,4-5H2,1-3H3/b11-7-. The Morgan fingerprint density at radius 2 is 1.76 bits per heavy atom. The molecule has 0 spiro atoms. The minimum atomic E-state index is -0.100. The molecule has 0 aromatic heterocycles. The van der Waals surface area contributed by atoms with Gasteiger partial charge in [0.1, 0.15) is 18.9 Å². The van der Waals surface area contributed by atoms with Crippen molar-refractivity contribution in [1.82, 2.24) is 9.80 Å². The summed E-state index contributed by atoms with van der Waals surface area (Å²) in [5, 5.41) is 0.501. The number of aryl methyl sites for hydroxylation is 1. The fraction of sp³-hybridized carbons (Fsp3) is 0.333. The fourth-order valence-electron chi connectivity index (χ4n) is 2.40. The van der Waals surface area contributed by atoms with Gasteiger partial charge < -0.3 is 14.4 Å². The molecule has 0 saturated carbocycles. The van der Waals surface area contributed by atoms with Crippen molar-refractivity contribution in [3.8, 4) is 11.5 Å². The van der Waals surface area contributed by atoms with Gasteiger partial charge in [-0.15, -0.1) is 0 Å². The van der Waals surface area contributed by atoms with Crippen molar-refractivity contribution < 1.29 is 14.3 Å². The van der Waals surface area contributed by atoms with E-state index in [-0.39, 0.29) is 5.91 Å². The first kappa shape index (κ1) is 13.9. The first-order valence-corrected chi connectivity index (χ1v) is 7.07. The summed E-state index contributed by atoms with van der Waals surface area (Å²) in [6.45, 7) is 3.08. The normalized spacial score (nSPS) is 19.7. The molecule has 1 fully saturated rings. The van der Waals surface area contributed by atoms with Crippen LogP contribution in [0, 0.1) is 6.92 Å². The molecule has 1 aromatic carbocycles. The third kappa shape index (κ3) is 2.25. The number of benzene rings is 1. The molecule has 0 unspecified atom stereocenters. The van der Waals surface area contributed by atoms with Gasteiger partial charge in [0.2, 0.25) is 0 Å². The molecule has 5 nitrogen and oxygen atoms in total. The Morgan fingerprint density at radius 3 is 2.33 bits per heavy atom. The highest BCUT2D eigenvalue weighted by Crippen LogP contribution is 2.34. The van der Waals surface area contributed by atoms with E-state index in [0.717, 1.165) is 16.9 Å². The summed E-state index contributed by atoms with van der Waals surface area (Å²) in [5.41, 5.74) is 2.50. The highest BCUT2D eigenvalue weighted by atomic mass is 32.1. The Morgan fingerprint density at radius 1 is 1.14 bits per heavy atom. The summed E-state index contributed by atoms with van der Waals surface area (Å²) in [4.78, 5) is 15.4. The summed E-state index contributed by atoms with van der Waals surface area (Å²) >= 11 is 5.21. The molecule has 0 bridgehead atoms. The number of fused-ring (bicyclic) bond motifs is 1. The number of amides is 1. The number of thiocarbonyl (C=S) groups is 1. The SMILES string of the molecule is Cc1cc2c(cc1/C=C1/C(=O)N(C)C(=S)N1C)OCCO2. The van der Waals surface area contributed by atoms with Gasteiger partial charge in [0.15, 0.2) is 16.6 Å². The lowest BCUT2D eigenvalue weighted by atomic mass is 10.1. The molecule has 2 heterocycles. The Hall–Kier alpha value is -2.08. The van der Waals surface area contributed by atoms with Crippen molar-refractivity contribution >= 4 is 29.3 Å². The first-order valence-electron chi connectivity index (χ1n) is 6.66. The zero-order chi connectivity index (χ0) is 15.1. The minimum Gasteiger partial charge on any atom is -0.486 e. The molecule has 1 saturated heterocycles. The quantitative estimate of drug-likeness (QED) is 0.584. The fourth-order valence-corrected chi connectivity index (χ4v) is 2.58. The van der Waals surface area contributed by atoms with Gasteiger partial charge in [-0.2, -0.15) is 0 Å². The summed E-state index contributed by atoms with van der Waals surface area (Å²) in [6.07, 6.45) is 1.84. The van der Waals surface area contributed by atoms with Crippen LogP contribution in [0.2, 0.25) is 0 Å². The molecule has 0 radical (unpaired) electrons. The van der Waals surface area contributed by atoms with Crippen molar-refractivity contribution in [2.45, 2.75) is 6.92 Å². The van der Waals surface area contributed by atoms with Crippen LogP contribution in [0.15, 0.2) is 17.8 Å². The van der Waals surface area contributed by atoms with E-state index in [1.807, 2.05) is 25.1 Å². The van der Waals surface area contributed by atoms with Crippen LogP contribution in [-0.4, -0.2) is 48.1 Å². The molecular formula is C15H16N2O3S. The molecule has 0 N–H and O–H groups in total. The third-order valence-corrected chi connectivity index (χ3v) is 4.23. The van der Waals surface area contributed by atoms with Crippen molar-refractivity contribution in [2.75, 3.05) is 27.3 Å². The molecule has 3 rings (SSSR count). The van der Waals surface area contributed by atoms with Crippen molar-refractivity contribution in [3.63, 3.8) is 0 Å². The number of likely N-dealkylation sites (N-methyl/N-ethyl adjacent to an activating group) is 2. The average molecular weight is 304 g/mol. The highest BCUT2D eigenvalue weighted by Gasteiger charge is 2.32. The average Bonchev–Trinajstić information content (AvgIpc) is 2.66. The number of carbonyl (C=O) groups excluding carboxylic acids is 1. The largest absolute Gasteiger partial charge is 0.486 e. The van der Waals surface area contributed by atoms with E-state index in [0.29, 0.717) is 29.8 Å². The van der Waals surface area contributed by atoms with Crippen LogP contribution < -0.4 is 9.47 Å². The molecule has 1 aromatic rings. The smallest absolute Gasteiger partial charge is 0.276 e. The van der Waals surface area contributed by atoms with E-state index in [4.69, 9.17) is 21.7 Å². The lowest BCUT2D eigenvalue weighted by Crippen LogP contribution is -2.26. The van der Waals surface area contributed by atoms with E-state index < -0.39 is 0 Å². The van der Waals surface area contributed by atoms with Crippen LogP contribution >= 0.6 is 12.2 Å². The number of rotatable bonds is 1. The number of carbonyl (C=O) groups is 1. The monoisotopic (exact) mass is 304 g/mol. The maximum Gasteiger partial charge on any atom is 0.276 e. The maximum atomic E-state index is 12.2. The van der Waals surface area contributed by atoms with Crippen LogP contribution in [-0.2, 0) is 4.79 Å². The van der Waals surface area contributed by atoms with E-state index in [1.54, 1.807) is 19.0 Å². The highest BCUT2D eigenvalue weighted by molar-refractivity contribution is 7.80. The number of ether oxygens (including phenoxy) is 2. The maximum absolute atomic E-state index is 12.2. The molecule has 1 amide bonds. The van der Waals surface area contributed by atoms with Crippen LogP contribution in [0.5, 0.6) is 11.5 Å². The topological polar surface area (TPSA) is 42.0 Å². The van der Waals surface area contributed by atoms with Gasteiger partial charge in [-0.1, -0.05) is 0 Å². The molecule has 0 atom stereocenters. The van der Waals surface area contributed by atoms with E-state index >= 15 is 0 Å². The Balaban J connectivity index is 2.03. The van der Waals surface area contributed by atoms with Gasteiger partial charge in [0, 0.05) is 14.1 Å². The van der Waals surface area contributed by atoms with Gasteiger partial charge in [-0.25, -0.2) is 0 Å². The van der Waals surface area contributed by atoms with Crippen molar-refractivity contribution in [1.29, 1.82) is 0 Å². The number of nitrogens with zero attached hydrogens (tertiary/aromatic N) is 2. The summed E-state index contributed by atoms with van der Waals surface area (Å²) in [5.74, 6) is 1.36. The van der Waals surface area contributed by atoms with Gasteiger partial charge in [-0.05, 0) is 48.5 Å². The Kier molecular flexibility index (Phi) is 3.33. The molecule has 6 heteroatoms. The summed E-state index contributed by atoms with van der Waals surface area (Å²) < 4.78 is 11.1. The van der Waals surface area contributed by atoms with Crippen molar-refractivity contribution in [2.24, 2.45) is 0 Å². The van der Waals surface area contributed by atoms with Gasteiger partial charge in [0.05, 0.1) is 0 Å². The van der Waals surface area contributed by atoms with Crippen LogP contribution in [0.3, 0.4) is 0 Å². The molecule has 21 heavy (non-hydrogen) atoms. The lowest BCUT2D eigenvalue weighted by molar-refractivity contribution is -0.121. The Bertz CT molecular complexity index is 669. The second-order valence-electron chi connectivity index (χ2n) is 5.09. The zero-order valence-corrected chi connectivity index (χ0v) is 13.0. The predicted molar refractivity (Wildman–Crippen MR) is 83.3 cm³/mol. The summed E-state index contributed by atoms with van der Waals surface area (Å²) in [7, 11) is 3.47. The summed E-state index contributed by atoms with van der Waals surface area (Å²) in [6, 6.07) is 3.83. The molecular weight excluding hydrogens is 288 g/mol. The minimum absolute atomic E-state index is 0.100. The third-order valence-electron chi connectivity index (χ3n) is 3.68. The molecule has 0 aliphatic carbocycles. The second kappa shape index (κ2) is 5.04.